The highest BCUT2D eigenvalue weighted by atomic mass is 32.1. The summed E-state index contributed by atoms with van der Waals surface area (Å²) in [4.78, 5) is 8.31. The smallest absolute Gasteiger partial charge is 0.0544 e. The fraction of sp³-hybridized carbons (Fsp3) is 0.438. The molecule has 0 aliphatic rings. The Morgan fingerprint density at radius 2 is 2.20 bits per heavy atom. The molecular formula is C16H23N3S. The Labute approximate surface area is 125 Å². The van der Waals surface area contributed by atoms with E-state index in [4.69, 9.17) is 0 Å². The van der Waals surface area contributed by atoms with Crippen molar-refractivity contribution in [3.63, 3.8) is 0 Å². The number of rotatable bonds is 8. The number of thiophene rings is 1. The predicted octanol–water partition coefficient (Wildman–Crippen LogP) is 2.93. The molecule has 108 valence electrons. The van der Waals surface area contributed by atoms with E-state index in [-0.39, 0.29) is 0 Å². The molecule has 0 radical (unpaired) electrons. The Morgan fingerprint density at radius 3 is 2.85 bits per heavy atom. The third-order valence-electron chi connectivity index (χ3n) is 3.22. The van der Waals surface area contributed by atoms with Crippen molar-refractivity contribution in [2.75, 3.05) is 20.1 Å². The zero-order chi connectivity index (χ0) is 14.2. The van der Waals surface area contributed by atoms with E-state index in [1.165, 1.54) is 10.4 Å². The number of likely N-dealkylation sites (N-methyl/N-ethyl adjacent to an activating group) is 1. The van der Waals surface area contributed by atoms with Crippen LogP contribution in [-0.4, -0.2) is 30.0 Å². The number of hydrogen-bond donors (Lipinski definition) is 1. The summed E-state index contributed by atoms with van der Waals surface area (Å²) >= 11 is 1.83. The van der Waals surface area contributed by atoms with Crippen LogP contribution in [0.5, 0.6) is 0 Å². The highest BCUT2D eigenvalue weighted by molar-refractivity contribution is 7.09. The molecule has 0 bridgehead atoms. The largest absolute Gasteiger partial charge is 0.313 e. The molecule has 0 fully saturated rings. The Hall–Kier alpha value is -1.23. The van der Waals surface area contributed by atoms with Crippen LogP contribution in [-0.2, 0) is 19.5 Å². The summed E-state index contributed by atoms with van der Waals surface area (Å²) in [5.74, 6) is 0. The van der Waals surface area contributed by atoms with E-state index >= 15 is 0 Å². The lowest BCUT2D eigenvalue weighted by molar-refractivity contribution is 0.328. The van der Waals surface area contributed by atoms with Gasteiger partial charge in [0.25, 0.3) is 0 Å². The van der Waals surface area contributed by atoms with Crippen LogP contribution in [0.2, 0.25) is 0 Å². The fourth-order valence-electron chi connectivity index (χ4n) is 2.03. The standard InChI is InChI=1S/C16H23N3S/c1-3-17-11-14-6-7-15(18-12-14)13-19(2)9-8-16-5-4-10-20-16/h4-7,10,12,17H,3,8-9,11,13H2,1-2H3. The molecule has 0 spiro atoms. The van der Waals surface area contributed by atoms with E-state index in [0.717, 1.165) is 38.3 Å². The summed E-state index contributed by atoms with van der Waals surface area (Å²) in [5, 5.41) is 5.45. The third-order valence-corrected chi connectivity index (χ3v) is 4.15. The highest BCUT2D eigenvalue weighted by Gasteiger charge is 2.03. The number of aromatic nitrogens is 1. The summed E-state index contributed by atoms with van der Waals surface area (Å²) in [5.41, 5.74) is 2.38. The SMILES string of the molecule is CCNCc1ccc(CN(C)CCc2cccs2)nc1. The van der Waals surface area contributed by atoms with Crippen molar-refractivity contribution in [2.24, 2.45) is 0 Å². The van der Waals surface area contributed by atoms with E-state index in [0.29, 0.717) is 0 Å². The van der Waals surface area contributed by atoms with Gasteiger partial charge in [-0.2, -0.15) is 0 Å². The first-order valence-corrected chi connectivity index (χ1v) is 8.01. The number of nitrogens with zero attached hydrogens (tertiary/aromatic N) is 2. The van der Waals surface area contributed by atoms with E-state index in [1.807, 2.05) is 17.5 Å². The zero-order valence-electron chi connectivity index (χ0n) is 12.3. The van der Waals surface area contributed by atoms with Gasteiger partial charge in [-0.1, -0.05) is 19.1 Å². The highest BCUT2D eigenvalue weighted by Crippen LogP contribution is 2.10. The topological polar surface area (TPSA) is 28.2 Å². The Bertz CT molecular complexity index is 479. The second-order valence-electron chi connectivity index (χ2n) is 5.01. The maximum atomic E-state index is 4.54. The van der Waals surface area contributed by atoms with Crippen LogP contribution in [0.4, 0.5) is 0 Å². The molecule has 0 atom stereocenters. The third kappa shape index (κ3) is 5.04. The molecule has 0 amide bonds. The molecule has 0 aromatic carbocycles. The lowest BCUT2D eigenvalue weighted by atomic mass is 10.2. The quantitative estimate of drug-likeness (QED) is 0.810. The maximum absolute atomic E-state index is 4.54. The summed E-state index contributed by atoms with van der Waals surface area (Å²) in [6.07, 6.45) is 3.10. The number of hydrogen-bond acceptors (Lipinski definition) is 4. The van der Waals surface area contributed by atoms with Gasteiger partial charge >= 0.3 is 0 Å². The minimum absolute atomic E-state index is 0.901. The van der Waals surface area contributed by atoms with Gasteiger partial charge in [0.05, 0.1) is 5.69 Å². The normalized spacial score (nSPS) is 11.2. The van der Waals surface area contributed by atoms with Crippen molar-refractivity contribution in [3.05, 3.63) is 52.0 Å². The number of pyridine rings is 1. The van der Waals surface area contributed by atoms with Gasteiger partial charge in [-0.05, 0) is 43.1 Å². The van der Waals surface area contributed by atoms with Crippen LogP contribution >= 0.6 is 11.3 Å². The minimum Gasteiger partial charge on any atom is -0.313 e. The molecule has 0 saturated heterocycles. The summed E-state index contributed by atoms with van der Waals surface area (Å²) in [7, 11) is 2.15. The van der Waals surface area contributed by atoms with Gasteiger partial charge in [0.2, 0.25) is 0 Å². The van der Waals surface area contributed by atoms with Crippen molar-refractivity contribution < 1.29 is 0 Å². The molecule has 2 aromatic rings. The van der Waals surface area contributed by atoms with E-state index in [9.17, 15) is 0 Å². The Morgan fingerprint density at radius 1 is 1.30 bits per heavy atom. The zero-order valence-corrected chi connectivity index (χ0v) is 13.1. The first-order chi connectivity index (χ1) is 9.78. The first-order valence-electron chi connectivity index (χ1n) is 7.13. The molecule has 0 saturated carbocycles. The van der Waals surface area contributed by atoms with Gasteiger partial charge < -0.3 is 10.2 Å². The number of nitrogens with one attached hydrogen (secondary N) is 1. The molecule has 20 heavy (non-hydrogen) atoms. The van der Waals surface area contributed by atoms with Crippen molar-refractivity contribution in [1.29, 1.82) is 0 Å². The fourth-order valence-corrected chi connectivity index (χ4v) is 2.73. The molecular weight excluding hydrogens is 266 g/mol. The van der Waals surface area contributed by atoms with Crippen molar-refractivity contribution >= 4 is 11.3 Å². The van der Waals surface area contributed by atoms with Crippen molar-refractivity contribution in [1.82, 2.24) is 15.2 Å². The molecule has 2 rings (SSSR count). The lowest BCUT2D eigenvalue weighted by Crippen LogP contribution is -2.21. The summed E-state index contributed by atoms with van der Waals surface area (Å²) in [6.45, 7) is 5.99. The van der Waals surface area contributed by atoms with Crippen LogP contribution in [0.15, 0.2) is 35.8 Å². The van der Waals surface area contributed by atoms with Crippen LogP contribution in [0, 0.1) is 0 Å². The second-order valence-corrected chi connectivity index (χ2v) is 6.04. The van der Waals surface area contributed by atoms with E-state index in [1.54, 1.807) is 0 Å². The predicted molar refractivity (Wildman–Crippen MR) is 86.0 cm³/mol. The first kappa shape index (κ1) is 15.2. The maximum Gasteiger partial charge on any atom is 0.0544 e. The van der Waals surface area contributed by atoms with Crippen molar-refractivity contribution in [2.45, 2.75) is 26.4 Å². The lowest BCUT2D eigenvalue weighted by Gasteiger charge is -2.15. The molecule has 0 aliphatic carbocycles. The van der Waals surface area contributed by atoms with Gasteiger partial charge in [-0.15, -0.1) is 11.3 Å². The summed E-state index contributed by atoms with van der Waals surface area (Å²) < 4.78 is 0. The van der Waals surface area contributed by atoms with Crippen LogP contribution < -0.4 is 5.32 Å². The van der Waals surface area contributed by atoms with Gasteiger partial charge in [-0.3, -0.25) is 4.98 Å². The minimum atomic E-state index is 0.901. The molecule has 2 heterocycles. The Balaban J connectivity index is 1.77. The molecule has 3 nitrogen and oxygen atoms in total. The van der Waals surface area contributed by atoms with Gasteiger partial charge in [0.15, 0.2) is 0 Å². The molecule has 2 aromatic heterocycles. The van der Waals surface area contributed by atoms with E-state index < -0.39 is 0 Å². The Kier molecular flexibility index (Phi) is 6.18. The monoisotopic (exact) mass is 289 g/mol. The van der Waals surface area contributed by atoms with E-state index in [2.05, 4.69) is 58.8 Å². The average Bonchev–Trinajstić information content (AvgIpc) is 2.98. The molecule has 0 aliphatic heterocycles. The van der Waals surface area contributed by atoms with Gasteiger partial charge in [0.1, 0.15) is 0 Å². The molecule has 4 heteroatoms. The molecule has 1 N–H and O–H groups in total. The van der Waals surface area contributed by atoms with Crippen LogP contribution in [0.25, 0.3) is 0 Å². The average molecular weight is 289 g/mol. The van der Waals surface area contributed by atoms with Crippen LogP contribution in [0.1, 0.15) is 23.1 Å². The van der Waals surface area contributed by atoms with Crippen molar-refractivity contribution in [3.8, 4) is 0 Å². The second kappa shape index (κ2) is 8.15. The summed E-state index contributed by atoms with van der Waals surface area (Å²) in [6, 6.07) is 8.61. The van der Waals surface area contributed by atoms with Gasteiger partial charge in [-0.25, -0.2) is 0 Å². The van der Waals surface area contributed by atoms with Crippen LogP contribution in [0.3, 0.4) is 0 Å². The molecule has 0 unspecified atom stereocenters. The van der Waals surface area contributed by atoms with Gasteiger partial charge in [0, 0.05) is 30.7 Å².